The molecule has 6 nitrogen and oxygen atoms in total. The van der Waals surface area contributed by atoms with Crippen molar-refractivity contribution in [3.8, 4) is 11.8 Å². The maximum Gasteiger partial charge on any atom is 0.417 e. The number of piperazine rings is 1. The van der Waals surface area contributed by atoms with E-state index in [0.29, 0.717) is 13.1 Å². The highest BCUT2D eigenvalue weighted by Crippen LogP contribution is 2.35. The predicted molar refractivity (Wildman–Crippen MR) is 132 cm³/mol. The number of likely N-dealkylation sites (N-methyl/N-ethyl adjacent to an activating group) is 1. The Morgan fingerprint density at radius 2 is 1.62 bits per heavy atom. The number of anilines is 1. The summed E-state index contributed by atoms with van der Waals surface area (Å²) in [7, 11) is 1.96. The lowest BCUT2D eigenvalue weighted by molar-refractivity contribution is -0.139. The molecule has 0 atom stereocenters. The average molecular weight is 548 g/mol. The second-order valence-electron chi connectivity index (χ2n) is 9.03. The zero-order valence-electron chi connectivity index (χ0n) is 20.7. The van der Waals surface area contributed by atoms with Gasteiger partial charge in [-0.05, 0) is 36.9 Å². The number of hydrogen-bond acceptors (Lipinski definition) is 5. The second-order valence-corrected chi connectivity index (χ2v) is 9.03. The lowest BCUT2D eigenvalue weighted by Gasteiger charge is -2.33. The van der Waals surface area contributed by atoms with E-state index < -0.39 is 29.4 Å². The molecular formula is C27H23F6N5O. The zero-order valence-corrected chi connectivity index (χ0v) is 20.7. The molecule has 0 spiro atoms. The normalized spacial score (nSPS) is 14.9. The third-order valence-corrected chi connectivity index (χ3v) is 6.13. The fourth-order valence-electron chi connectivity index (χ4n) is 4.02. The van der Waals surface area contributed by atoms with Crippen molar-refractivity contribution >= 4 is 11.6 Å². The van der Waals surface area contributed by atoms with Crippen molar-refractivity contribution in [2.75, 3.05) is 38.5 Å². The molecule has 1 aromatic carbocycles. The summed E-state index contributed by atoms with van der Waals surface area (Å²) in [5.74, 6) is 4.16. The Labute approximate surface area is 220 Å². The molecule has 12 heteroatoms. The van der Waals surface area contributed by atoms with Crippen LogP contribution in [-0.2, 0) is 18.9 Å². The highest BCUT2D eigenvalue weighted by Gasteiger charge is 2.35. The first-order valence-electron chi connectivity index (χ1n) is 11.8. The molecule has 0 saturated carbocycles. The van der Waals surface area contributed by atoms with E-state index in [2.05, 4.69) is 32.0 Å². The van der Waals surface area contributed by atoms with Crippen LogP contribution in [0.2, 0.25) is 0 Å². The number of rotatable bonds is 4. The molecule has 1 aliphatic rings. The third kappa shape index (κ3) is 7.34. The maximum absolute atomic E-state index is 13.8. The number of carbonyl (C=O) groups excluding carboxylic acids is 1. The van der Waals surface area contributed by atoms with Gasteiger partial charge in [-0.3, -0.25) is 19.7 Å². The zero-order chi connectivity index (χ0) is 28.2. The Balaban J connectivity index is 1.52. The summed E-state index contributed by atoms with van der Waals surface area (Å²) in [5.41, 5.74) is -1.99. The highest BCUT2D eigenvalue weighted by atomic mass is 19.4. The molecule has 2 aromatic heterocycles. The van der Waals surface area contributed by atoms with Crippen molar-refractivity contribution in [1.29, 1.82) is 0 Å². The number of hydrogen-bond donors (Lipinski definition) is 1. The number of benzene rings is 1. The summed E-state index contributed by atoms with van der Waals surface area (Å²) in [6, 6.07) is 5.73. The number of aromatic nitrogens is 2. The van der Waals surface area contributed by atoms with Crippen molar-refractivity contribution in [2.24, 2.45) is 0 Å². The van der Waals surface area contributed by atoms with Crippen molar-refractivity contribution in [3.05, 3.63) is 88.5 Å². The molecule has 0 radical (unpaired) electrons. The summed E-state index contributed by atoms with van der Waals surface area (Å²) >= 11 is 0. The molecule has 0 bridgehead atoms. The van der Waals surface area contributed by atoms with Gasteiger partial charge in [-0.15, -0.1) is 0 Å². The van der Waals surface area contributed by atoms with Crippen LogP contribution in [0.3, 0.4) is 0 Å². The van der Waals surface area contributed by atoms with Crippen LogP contribution in [-0.4, -0.2) is 58.9 Å². The van der Waals surface area contributed by atoms with Gasteiger partial charge in [-0.25, -0.2) is 0 Å². The minimum absolute atomic E-state index is 0.0286. The first kappa shape index (κ1) is 28.1. The highest BCUT2D eigenvalue weighted by molar-refractivity contribution is 6.04. The van der Waals surface area contributed by atoms with Gasteiger partial charge in [-0.2, -0.15) is 26.3 Å². The number of halogens is 6. The van der Waals surface area contributed by atoms with E-state index in [-0.39, 0.29) is 34.5 Å². The van der Waals surface area contributed by atoms with Gasteiger partial charge in [0.05, 0.1) is 22.3 Å². The third-order valence-electron chi connectivity index (χ3n) is 6.13. The molecule has 39 heavy (non-hydrogen) atoms. The minimum Gasteiger partial charge on any atom is -0.322 e. The molecule has 0 aliphatic carbocycles. The first-order valence-corrected chi connectivity index (χ1v) is 11.8. The second kappa shape index (κ2) is 11.4. The fraction of sp³-hybridized carbons (Fsp3) is 0.296. The Hall–Kier alpha value is -3.95. The van der Waals surface area contributed by atoms with Gasteiger partial charge in [0.2, 0.25) is 0 Å². The molecule has 3 aromatic rings. The van der Waals surface area contributed by atoms with E-state index in [9.17, 15) is 31.1 Å². The Kier molecular flexibility index (Phi) is 8.22. The van der Waals surface area contributed by atoms with Crippen molar-refractivity contribution < 1.29 is 31.1 Å². The van der Waals surface area contributed by atoms with Gasteiger partial charge in [0.15, 0.2) is 0 Å². The standard InChI is InChI=1S/C27H23F6N5O/c1-37-8-10-38(11-9-37)17-20-4-5-22(13-24(20)27(31,32)33)36-25(39)21-12-18(14-35-16-21)2-3-19-15-34-7-6-23(19)26(28,29)30/h4-7,12-16H,8-11,17H2,1H3,(H,36,39). The van der Waals surface area contributed by atoms with Crippen LogP contribution >= 0.6 is 0 Å². The summed E-state index contributed by atoms with van der Waals surface area (Å²) in [4.78, 5) is 24.4. The lowest BCUT2D eigenvalue weighted by Crippen LogP contribution is -2.44. The average Bonchev–Trinajstić information content (AvgIpc) is 2.89. The molecule has 1 N–H and O–H groups in total. The molecule has 3 heterocycles. The number of amides is 1. The van der Waals surface area contributed by atoms with Crippen LogP contribution in [0.25, 0.3) is 0 Å². The first-order chi connectivity index (χ1) is 18.4. The smallest absolute Gasteiger partial charge is 0.322 e. The number of nitrogens with zero attached hydrogens (tertiary/aromatic N) is 4. The van der Waals surface area contributed by atoms with Crippen LogP contribution in [0, 0.1) is 11.8 Å². The Bertz CT molecular complexity index is 1400. The van der Waals surface area contributed by atoms with E-state index in [1.54, 1.807) is 0 Å². The van der Waals surface area contributed by atoms with Gasteiger partial charge >= 0.3 is 12.4 Å². The van der Waals surface area contributed by atoms with Gasteiger partial charge in [0.1, 0.15) is 0 Å². The number of nitrogens with one attached hydrogen (secondary N) is 1. The monoisotopic (exact) mass is 547 g/mol. The molecule has 1 saturated heterocycles. The molecule has 4 rings (SSSR count). The van der Waals surface area contributed by atoms with Gasteiger partial charge in [0.25, 0.3) is 5.91 Å². The van der Waals surface area contributed by atoms with Gasteiger partial charge in [0, 0.05) is 68.8 Å². The summed E-state index contributed by atoms with van der Waals surface area (Å²) in [5, 5.41) is 2.43. The van der Waals surface area contributed by atoms with Crippen LogP contribution in [0.5, 0.6) is 0 Å². The number of alkyl halides is 6. The SMILES string of the molecule is CN1CCN(Cc2ccc(NC(=O)c3cncc(C#Cc4cnccc4C(F)(F)F)c3)cc2C(F)(F)F)CC1. The Morgan fingerprint density at radius 1 is 0.897 bits per heavy atom. The summed E-state index contributed by atoms with van der Waals surface area (Å²) in [6.45, 7) is 2.96. The number of pyridine rings is 2. The molecular weight excluding hydrogens is 524 g/mol. The Morgan fingerprint density at radius 3 is 2.31 bits per heavy atom. The fourth-order valence-corrected chi connectivity index (χ4v) is 4.02. The molecule has 0 unspecified atom stereocenters. The largest absolute Gasteiger partial charge is 0.417 e. The van der Waals surface area contributed by atoms with E-state index >= 15 is 0 Å². The molecule has 204 valence electrons. The minimum atomic E-state index is -4.62. The van der Waals surface area contributed by atoms with E-state index in [4.69, 9.17) is 0 Å². The quantitative estimate of drug-likeness (QED) is 0.372. The van der Waals surface area contributed by atoms with Crippen LogP contribution in [0.1, 0.15) is 38.2 Å². The van der Waals surface area contributed by atoms with Gasteiger partial charge in [-0.1, -0.05) is 17.9 Å². The lowest BCUT2D eigenvalue weighted by atomic mass is 10.0. The van der Waals surface area contributed by atoms with Crippen molar-refractivity contribution in [3.63, 3.8) is 0 Å². The number of carbonyl (C=O) groups is 1. The summed E-state index contributed by atoms with van der Waals surface area (Å²) in [6.07, 6.45) is -4.83. The van der Waals surface area contributed by atoms with Crippen molar-refractivity contribution in [1.82, 2.24) is 19.8 Å². The van der Waals surface area contributed by atoms with E-state index in [0.717, 1.165) is 37.6 Å². The summed E-state index contributed by atoms with van der Waals surface area (Å²) < 4.78 is 81.1. The van der Waals surface area contributed by atoms with E-state index in [1.807, 2.05) is 11.9 Å². The van der Waals surface area contributed by atoms with E-state index in [1.165, 1.54) is 30.6 Å². The van der Waals surface area contributed by atoms with Crippen LogP contribution in [0.4, 0.5) is 32.0 Å². The molecule has 1 fully saturated rings. The van der Waals surface area contributed by atoms with Crippen LogP contribution < -0.4 is 5.32 Å². The molecule has 1 amide bonds. The van der Waals surface area contributed by atoms with Crippen molar-refractivity contribution in [2.45, 2.75) is 18.9 Å². The topological polar surface area (TPSA) is 61.4 Å². The van der Waals surface area contributed by atoms with Crippen LogP contribution in [0.15, 0.2) is 55.1 Å². The van der Waals surface area contributed by atoms with Gasteiger partial charge < -0.3 is 10.2 Å². The molecule has 1 aliphatic heterocycles. The predicted octanol–water partition coefficient (Wildman–Crippen LogP) is 4.91. The maximum atomic E-state index is 13.8.